The number of para-hydroxylation sites is 1. The van der Waals surface area contributed by atoms with Crippen molar-refractivity contribution in [2.24, 2.45) is 0 Å². The number of carbonyl (C=O) groups is 2. The molecule has 0 saturated heterocycles. The molecule has 0 spiro atoms. The predicted octanol–water partition coefficient (Wildman–Crippen LogP) is 3.53. The summed E-state index contributed by atoms with van der Waals surface area (Å²) in [5, 5.41) is 2.66. The topological polar surface area (TPSA) is 58.6 Å². The number of benzene rings is 2. The predicted molar refractivity (Wildman–Crippen MR) is 101 cm³/mol. The van der Waals surface area contributed by atoms with Crippen LogP contribution in [-0.4, -0.2) is 25.0 Å². The van der Waals surface area contributed by atoms with E-state index in [0.29, 0.717) is 17.8 Å². The maximum absolute atomic E-state index is 12.5. The zero-order valence-corrected chi connectivity index (χ0v) is 15.0. The fraction of sp³-hybridized carbons (Fsp3) is 0.333. The molecule has 0 bridgehead atoms. The van der Waals surface area contributed by atoms with Gasteiger partial charge >= 0.3 is 0 Å². The number of nitrogens with zero attached hydrogens (tertiary/aromatic N) is 1. The number of ether oxygens (including phenoxy) is 1. The Labute approximate surface area is 154 Å². The van der Waals surface area contributed by atoms with Crippen LogP contribution < -0.4 is 15.0 Å². The van der Waals surface area contributed by atoms with Crippen molar-refractivity contribution in [3.05, 3.63) is 59.7 Å². The van der Waals surface area contributed by atoms with Gasteiger partial charge in [0.15, 0.2) is 0 Å². The van der Waals surface area contributed by atoms with Gasteiger partial charge in [0.2, 0.25) is 5.91 Å². The highest BCUT2D eigenvalue weighted by molar-refractivity contribution is 6.09. The molecule has 1 aliphatic rings. The Bertz CT molecular complexity index is 771. The van der Waals surface area contributed by atoms with Gasteiger partial charge in [0.1, 0.15) is 5.75 Å². The van der Waals surface area contributed by atoms with Crippen LogP contribution in [0.15, 0.2) is 48.5 Å². The molecule has 0 saturated carbocycles. The number of rotatable bonds is 7. The zero-order valence-electron chi connectivity index (χ0n) is 15.0. The van der Waals surface area contributed by atoms with Crippen molar-refractivity contribution >= 4 is 17.5 Å². The van der Waals surface area contributed by atoms with E-state index in [1.807, 2.05) is 36.4 Å². The van der Waals surface area contributed by atoms with Crippen LogP contribution in [0, 0.1) is 0 Å². The third kappa shape index (κ3) is 4.23. The van der Waals surface area contributed by atoms with Gasteiger partial charge in [-0.25, -0.2) is 0 Å². The molecule has 0 aliphatic carbocycles. The van der Waals surface area contributed by atoms with Crippen LogP contribution in [0.1, 0.15) is 42.1 Å². The van der Waals surface area contributed by atoms with Crippen molar-refractivity contribution in [1.82, 2.24) is 5.32 Å². The summed E-state index contributed by atoms with van der Waals surface area (Å²) < 4.78 is 5.73. The van der Waals surface area contributed by atoms with Gasteiger partial charge in [-0.2, -0.15) is 0 Å². The number of hydrogen-bond donors (Lipinski definition) is 1. The first-order valence-electron chi connectivity index (χ1n) is 9.08. The second kappa shape index (κ2) is 8.52. The standard InChI is InChI=1S/C21H24N2O3/c1-2-3-6-13-26-17-11-9-16(10-12-17)15-23-19-8-5-4-7-18(19)21(25)22-14-20(23)24/h4-5,7-12H,2-3,6,13-15H2,1H3,(H,22,25). The summed E-state index contributed by atoms with van der Waals surface area (Å²) in [5.74, 6) is 0.500. The third-order valence-electron chi connectivity index (χ3n) is 4.42. The van der Waals surface area contributed by atoms with Gasteiger partial charge in [-0.1, -0.05) is 44.0 Å². The molecule has 0 unspecified atom stereocenters. The third-order valence-corrected chi connectivity index (χ3v) is 4.42. The number of fused-ring (bicyclic) bond motifs is 1. The number of unbranched alkanes of at least 4 members (excludes halogenated alkanes) is 2. The maximum atomic E-state index is 12.5. The number of carbonyl (C=O) groups excluding carboxylic acids is 2. The Morgan fingerprint density at radius 3 is 2.58 bits per heavy atom. The van der Waals surface area contributed by atoms with Crippen molar-refractivity contribution in [2.75, 3.05) is 18.1 Å². The number of hydrogen-bond acceptors (Lipinski definition) is 3. The molecule has 0 radical (unpaired) electrons. The lowest BCUT2D eigenvalue weighted by atomic mass is 10.1. The SMILES string of the molecule is CCCCCOc1ccc(CN2C(=O)CNC(=O)c3ccccc32)cc1. The minimum Gasteiger partial charge on any atom is -0.494 e. The van der Waals surface area contributed by atoms with Crippen LogP contribution in [-0.2, 0) is 11.3 Å². The summed E-state index contributed by atoms with van der Waals surface area (Å²) in [6.45, 7) is 3.31. The van der Waals surface area contributed by atoms with E-state index in [9.17, 15) is 9.59 Å². The Morgan fingerprint density at radius 1 is 1.04 bits per heavy atom. The highest BCUT2D eigenvalue weighted by Gasteiger charge is 2.25. The van der Waals surface area contributed by atoms with Gasteiger partial charge in [-0.05, 0) is 36.2 Å². The Balaban J connectivity index is 1.72. The number of nitrogens with one attached hydrogen (secondary N) is 1. The van der Waals surface area contributed by atoms with E-state index in [1.54, 1.807) is 17.0 Å². The molecule has 1 heterocycles. The Hall–Kier alpha value is -2.82. The van der Waals surface area contributed by atoms with E-state index in [0.717, 1.165) is 24.3 Å². The molecule has 2 amide bonds. The Morgan fingerprint density at radius 2 is 1.81 bits per heavy atom. The van der Waals surface area contributed by atoms with Crippen molar-refractivity contribution in [3.63, 3.8) is 0 Å². The van der Waals surface area contributed by atoms with Gasteiger partial charge in [0.25, 0.3) is 5.91 Å². The lowest BCUT2D eigenvalue weighted by Crippen LogP contribution is -2.36. The van der Waals surface area contributed by atoms with Gasteiger partial charge in [0, 0.05) is 0 Å². The van der Waals surface area contributed by atoms with Crippen molar-refractivity contribution < 1.29 is 14.3 Å². The molecule has 5 heteroatoms. The molecule has 1 aliphatic heterocycles. The van der Waals surface area contributed by atoms with Crippen LogP contribution in [0.4, 0.5) is 5.69 Å². The van der Waals surface area contributed by atoms with E-state index < -0.39 is 0 Å². The minimum atomic E-state index is -0.215. The highest BCUT2D eigenvalue weighted by Crippen LogP contribution is 2.25. The normalized spacial score (nSPS) is 13.8. The largest absolute Gasteiger partial charge is 0.494 e. The second-order valence-corrected chi connectivity index (χ2v) is 6.38. The summed E-state index contributed by atoms with van der Waals surface area (Å²) in [5.41, 5.74) is 2.16. The van der Waals surface area contributed by atoms with Gasteiger partial charge in [0.05, 0.1) is 30.9 Å². The summed E-state index contributed by atoms with van der Waals surface area (Å²) in [4.78, 5) is 26.3. The molecule has 0 fully saturated rings. The molecule has 0 aromatic heterocycles. The van der Waals surface area contributed by atoms with Crippen molar-refractivity contribution in [3.8, 4) is 5.75 Å². The fourth-order valence-electron chi connectivity index (χ4n) is 2.97. The van der Waals surface area contributed by atoms with Gasteiger partial charge < -0.3 is 15.0 Å². The first-order valence-corrected chi connectivity index (χ1v) is 9.08. The van der Waals surface area contributed by atoms with Gasteiger partial charge in [-0.3, -0.25) is 9.59 Å². The summed E-state index contributed by atoms with van der Waals surface area (Å²) in [7, 11) is 0. The average Bonchev–Trinajstić information content (AvgIpc) is 2.79. The van der Waals surface area contributed by atoms with E-state index in [4.69, 9.17) is 4.74 Å². The minimum absolute atomic E-state index is 0.00609. The number of anilines is 1. The van der Waals surface area contributed by atoms with E-state index in [1.165, 1.54) is 12.8 Å². The van der Waals surface area contributed by atoms with E-state index in [2.05, 4.69) is 12.2 Å². The van der Waals surface area contributed by atoms with Crippen molar-refractivity contribution in [2.45, 2.75) is 32.7 Å². The average molecular weight is 352 g/mol. The molecular formula is C21H24N2O3. The first-order chi connectivity index (χ1) is 12.7. The lowest BCUT2D eigenvalue weighted by Gasteiger charge is -2.22. The fourth-order valence-corrected chi connectivity index (χ4v) is 2.97. The summed E-state index contributed by atoms with van der Waals surface area (Å²) >= 11 is 0. The number of amides is 2. The van der Waals surface area contributed by atoms with Crippen molar-refractivity contribution in [1.29, 1.82) is 0 Å². The van der Waals surface area contributed by atoms with E-state index in [-0.39, 0.29) is 18.4 Å². The monoisotopic (exact) mass is 352 g/mol. The molecule has 26 heavy (non-hydrogen) atoms. The molecule has 0 atom stereocenters. The molecular weight excluding hydrogens is 328 g/mol. The molecule has 2 aromatic carbocycles. The lowest BCUT2D eigenvalue weighted by molar-refractivity contribution is -0.117. The first kappa shape index (κ1) is 18.0. The highest BCUT2D eigenvalue weighted by atomic mass is 16.5. The quantitative estimate of drug-likeness (QED) is 0.776. The molecule has 3 rings (SSSR count). The van der Waals surface area contributed by atoms with E-state index >= 15 is 0 Å². The van der Waals surface area contributed by atoms with Crippen LogP contribution in [0.3, 0.4) is 0 Å². The maximum Gasteiger partial charge on any atom is 0.253 e. The molecule has 2 aromatic rings. The molecule has 136 valence electrons. The zero-order chi connectivity index (χ0) is 18.4. The van der Waals surface area contributed by atoms with Gasteiger partial charge in [-0.15, -0.1) is 0 Å². The van der Waals surface area contributed by atoms with Crippen LogP contribution >= 0.6 is 0 Å². The summed E-state index contributed by atoms with van der Waals surface area (Å²) in [6, 6.07) is 15.0. The molecule has 5 nitrogen and oxygen atoms in total. The second-order valence-electron chi connectivity index (χ2n) is 6.38. The van der Waals surface area contributed by atoms with Crippen LogP contribution in [0.5, 0.6) is 5.75 Å². The Kier molecular flexibility index (Phi) is 5.89. The smallest absolute Gasteiger partial charge is 0.253 e. The van der Waals surface area contributed by atoms with Crippen LogP contribution in [0.25, 0.3) is 0 Å². The van der Waals surface area contributed by atoms with Crippen LogP contribution in [0.2, 0.25) is 0 Å². The molecule has 1 N–H and O–H groups in total. The summed E-state index contributed by atoms with van der Waals surface area (Å²) in [6.07, 6.45) is 3.39.